The van der Waals surface area contributed by atoms with E-state index in [1.54, 1.807) is 12.1 Å². The first-order chi connectivity index (χ1) is 7.22. The van der Waals surface area contributed by atoms with Crippen LogP contribution in [0.25, 0.3) is 0 Å². The molecule has 0 fully saturated rings. The molecular formula is C11H13NO3. The Morgan fingerprint density at radius 3 is 3.13 bits per heavy atom. The number of hydrogen-bond acceptors (Lipinski definition) is 4. The first-order valence-electron chi connectivity index (χ1n) is 4.81. The summed E-state index contributed by atoms with van der Waals surface area (Å²) in [6, 6.07) is 5.30. The predicted molar refractivity (Wildman–Crippen MR) is 55.0 cm³/mol. The van der Waals surface area contributed by atoms with Crippen LogP contribution in [0.3, 0.4) is 0 Å². The summed E-state index contributed by atoms with van der Waals surface area (Å²) in [5.41, 5.74) is 7.18. The molecule has 80 valence electrons. The number of carbonyl (C=O) groups is 1. The minimum atomic E-state index is -0.343. The van der Waals surface area contributed by atoms with Crippen molar-refractivity contribution in [1.29, 1.82) is 0 Å². The number of benzene rings is 1. The van der Waals surface area contributed by atoms with E-state index in [2.05, 4.69) is 0 Å². The van der Waals surface area contributed by atoms with E-state index in [0.717, 1.165) is 11.3 Å². The van der Waals surface area contributed by atoms with E-state index in [4.69, 9.17) is 15.2 Å². The van der Waals surface area contributed by atoms with Crippen molar-refractivity contribution < 1.29 is 14.3 Å². The minimum Gasteiger partial charge on any atom is -0.492 e. The van der Waals surface area contributed by atoms with E-state index in [1.165, 1.54) is 7.11 Å². The molecule has 0 saturated heterocycles. The fourth-order valence-electron chi connectivity index (χ4n) is 1.73. The molecule has 0 bridgehead atoms. The molecule has 1 aliphatic rings. The van der Waals surface area contributed by atoms with Gasteiger partial charge < -0.3 is 15.2 Å². The summed E-state index contributed by atoms with van der Waals surface area (Å²) < 4.78 is 10.1. The Bertz CT molecular complexity index is 389. The lowest BCUT2D eigenvalue weighted by Crippen LogP contribution is -2.34. The highest BCUT2D eigenvalue weighted by Gasteiger charge is 2.22. The van der Waals surface area contributed by atoms with Gasteiger partial charge in [-0.3, -0.25) is 0 Å². The van der Waals surface area contributed by atoms with Crippen LogP contribution in [0.1, 0.15) is 15.9 Å². The average Bonchev–Trinajstić information content (AvgIpc) is 2.27. The second-order valence-corrected chi connectivity index (χ2v) is 3.55. The smallest absolute Gasteiger partial charge is 0.338 e. The summed E-state index contributed by atoms with van der Waals surface area (Å²) in [6.45, 7) is 0.498. The number of carbonyl (C=O) groups excluding carboxylic acids is 1. The minimum absolute atomic E-state index is 0.0525. The zero-order valence-corrected chi connectivity index (χ0v) is 8.53. The standard InChI is InChI=1S/C11H13NO3/c1-14-11(13)8-3-2-4-10-9(8)5-7(12)6-15-10/h2-4,7H,5-6,12H2,1H3/t7-/m0/s1. The van der Waals surface area contributed by atoms with Crippen molar-refractivity contribution in [2.24, 2.45) is 5.73 Å². The molecule has 4 heteroatoms. The topological polar surface area (TPSA) is 61.5 Å². The maximum absolute atomic E-state index is 11.5. The maximum Gasteiger partial charge on any atom is 0.338 e. The summed E-state index contributed by atoms with van der Waals surface area (Å²) in [5, 5.41) is 0. The molecule has 2 N–H and O–H groups in total. The molecular weight excluding hydrogens is 194 g/mol. The van der Waals surface area contributed by atoms with Crippen molar-refractivity contribution in [3.63, 3.8) is 0 Å². The van der Waals surface area contributed by atoms with E-state index >= 15 is 0 Å². The van der Waals surface area contributed by atoms with Gasteiger partial charge in [-0.1, -0.05) is 6.07 Å². The van der Waals surface area contributed by atoms with Gasteiger partial charge in [0.15, 0.2) is 0 Å². The summed E-state index contributed by atoms with van der Waals surface area (Å²) >= 11 is 0. The van der Waals surface area contributed by atoms with Crippen LogP contribution in [0, 0.1) is 0 Å². The van der Waals surface area contributed by atoms with Gasteiger partial charge in [0.2, 0.25) is 0 Å². The fraction of sp³-hybridized carbons (Fsp3) is 0.364. The highest BCUT2D eigenvalue weighted by atomic mass is 16.5. The largest absolute Gasteiger partial charge is 0.492 e. The lowest BCUT2D eigenvalue weighted by atomic mass is 9.98. The third-order valence-corrected chi connectivity index (χ3v) is 2.46. The van der Waals surface area contributed by atoms with Gasteiger partial charge in [0.1, 0.15) is 12.4 Å². The van der Waals surface area contributed by atoms with E-state index in [9.17, 15) is 4.79 Å². The number of methoxy groups -OCH3 is 1. The molecule has 4 nitrogen and oxygen atoms in total. The summed E-state index contributed by atoms with van der Waals surface area (Å²) in [6.07, 6.45) is 0.653. The molecule has 0 radical (unpaired) electrons. The summed E-state index contributed by atoms with van der Waals surface area (Å²) in [4.78, 5) is 11.5. The van der Waals surface area contributed by atoms with Gasteiger partial charge in [0.05, 0.1) is 12.7 Å². The average molecular weight is 207 g/mol. The molecule has 1 aliphatic heterocycles. The number of fused-ring (bicyclic) bond motifs is 1. The highest BCUT2D eigenvalue weighted by Crippen LogP contribution is 2.27. The summed E-state index contributed by atoms with van der Waals surface area (Å²) in [7, 11) is 1.37. The van der Waals surface area contributed by atoms with Crippen molar-refractivity contribution in [2.45, 2.75) is 12.5 Å². The van der Waals surface area contributed by atoms with Crippen molar-refractivity contribution >= 4 is 5.97 Å². The Morgan fingerprint density at radius 2 is 2.40 bits per heavy atom. The number of rotatable bonds is 1. The van der Waals surface area contributed by atoms with Gasteiger partial charge in [0, 0.05) is 11.6 Å². The fourth-order valence-corrected chi connectivity index (χ4v) is 1.73. The Morgan fingerprint density at radius 1 is 1.60 bits per heavy atom. The highest BCUT2D eigenvalue weighted by molar-refractivity contribution is 5.91. The molecule has 2 rings (SSSR count). The zero-order valence-electron chi connectivity index (χ0n) is 8.53. The van der Waals surface area contributed by atoms with E-state index < -0.39 is 0 Å². The van der Waals surface area contributed by atoms with Crippen LogP contribution in [0.2, 0.25) is 0 Å². The second-order valence-electron chi connectivity index (χ2n) is 3.55. The molecule has 1 atom stereocenters. The number of nitrogens with two attached hydrogens (primary N) is 1. The quantitative estimate of drug-likeness (QED) is 0.690. The Hall–Kier alpha value is -1.55. The van der Waals surface area contributed by atoms with Crippen LogP contribution >= 0.6 is 0 Å². The molecule has 0 aromatic heterocycles. The van der Waals surface area contributed by atoms with Crippen molar-refractivity contribution in [3.8, 4) is 5.75 Å². The Labute approximate surface area is 88.0 Å². The van der Waals surface area contributed by atoms with Crippen LogP contribution < -0.4 is 10.5 Å². The molecule has 0 amide bonds. The molecule has 15 heavy (non-hydrogen) atoms. The molecule has 1 aromatic rings. The van der Waals surface area contributed by atoms with Gasteiger partial charge in [-0.25, -0.2) is 4.79 Å². The SMILES string of the molecule is COC(=O)c1cccc2c1C[C@H](N)CO2. The lowest BCUT2D eigenvalue weighted by molar-refractivity contribution is 0.0598. The van der Waals surface area contributed by atoms with Crippen LogP contribution in [-0.2, 0) is 11.2 Å². The van der Waals surface area contributed by atoms with Gasteiger partial charge in [0.25, 0.3) is 0 Å². The molecule has 0 unspecified atom stereocenters. The maximum atomic E-state index is 11.5. The van der Waals surface area contributed by atoms with Crippen LogP contribution in [-0.4, -0.2) is 25.7 Å². The molecule has 1 heterocycles. The molecule has 1 aromatic carbocycles. The number of hydrogen-bond donors (Lipinski definition) is 1. The van der Waals surface area contributed by atoms with Gasteiger partial charge in [-0.15, -0.1) is 0 Å². The van der Waals surface area contributed by atoms with Crippen molar-refractivity contribution in [2.75, 3.05) is 13.7 Å². The third-order valence-electron chi connectivity index (χ3n) is 2.46. The van der Waals surface area contributed by atoms with E-state index in [-0.39, 0.29) is 12.0 Å². The second kappa shape index (κ2) is 3.90. The van der Waals surface area contributed by atoms with E-state index in [0.29, 0.717) is 18.6 Å². The van der Waals surface area contributed by atoms with Gasteiger partial charge >= 0.3 is 5.97 Å². The molecule has 0 saturated carbocycles. The van der Waals surface area contributed by atoms with E-state index in [1.807, 2.05) is 6.07 Å². The third kappa shape index (κ3) is 1.80. The van der Waals surface area contributed by atoms with Crippen molar-refractivity contribution in [1.82, 2.24) is 0 Å². The van der Waals surface area contributed by atoms with Crippen LogP contribution in [0.4, 0.5) is 0 Å². The lowest BCUT2D eigenvalue weighted by Gasteiger charge is -2.23. The predicted octanol–water partition coefficient (Wildman–Crippen LogP) is 0.735. The zero-order chi connectivity index (χ0) is 10.8. The van der Waals surface area contributed by atoms with Crippen LogP contribution in [0.15, 0.2) is 18.2 Å². The summed E-state index contributed by atoms with van der Waals surface area (Å²) in [5.74, 6) is 0.393. The van der Waals surface area contributed by atoms with Gasteiger partial charge in [-0.2, -0.15) is 0 Å². The molecule has 0 spiro atoms. The normalized spacial score (nSPS) is 18.9. The Kier molecular flexibility index (Phi) is 2.60. The monoisotopic (exact) mass is 207 g/mol. The first kappa shape index (κ1) is 9.98. The van der Waals surface area contributed by atoms with Crippen LogP contribution in [0.5, 0.6) is 5.75 Å². The number of esters is 1. The first-order valence-corrected chi connectivity index (χ1v) is 4.81. The number of ether oxygens (including phenoxy) is 2. The Balaban J connectivity index is 2.44. The van der Waals surface area contributed by atoms with Gasteiger partial charge in [-0.05, 0) is 18.6 Å². The van der Waals surface area contributed by atoms with Crippen molar-refractivity contribution in [3.05, 3.63) is 29.3 Å². The molecule has 0 aliphatic carbocycles.